The van der Waals surface area contributed by atoms with Gasteiger partial charge < -0.3 is 20.3 Å². The van der Waals surface area contributed by atoms with E-state index in [1.807, 2.05) is 6.08 Å². The number of carbonyl (C=O) groups is 2. The van der Waals surface area contributed by atoms with Gasteiger partial charge in [-0.25, -0.2) is 0 Å². The van der Waals surface area contributed by atoms with Crippen molar-refractivity contribution in [3.8, 4) is 0 Å². The summed E-state index contributed by atoms with van der Waals surface area (Å²) in [6.45, 7) is 4.89. The van der Waals surface area contributed by atoms with Crippen LogP contribution in [-0.4, -0.2) is 47.4 Å². The van der Waals surface area contributed by atoms with E-state index in [1.54, 1.807) is 6.08 Å². The second-order valence-corrected chi connectivity index (χ2v) is 20.7. The molecule has 0 aromatic rings. The molecule has 0 saturated heterocycles. The van der Waals surface area contributed by atoms with E-state index in [0.29, 0.717) is 19.4 Å². The van der Waals surface area contributed by atoms with Gasteiger partial charge in [0.1, 0.15) is 0 Å². The molecule has 0 saturated carbocycles. The van der Waals surface area contributed by atoms with Crippen molar-refractivity contribution in [2.75, 3.05) is 13.2 Å². The fraction of sp³-hybridized carbons (Fsp3) is 0.871. The van der Waals surface area contributed by atoms with E-state index < -0.39 is 12.1 Å². The Hall–Kier alpha value is -1.92. The number of aliphatic hydroxyl groups excluding tert-OH is 2. The van der Waals surface area contributed by atoms with Crippen molar-refractivity contribution in [2.45, 2.75) is 334 Å². The minimum Gasteiger partial charge on any atom is -0.466 e. The number of unbranched alkanes of at least 4 members (excludes halogenated alkanes) is 41. The molecule has 0 aliphatic heterocycles. The molecule has 6 nitrogen and oxygen atoms in total. The maximum atomic E-state index is 12.5. The van der Waals surface area contributed by atoms with Crippen LogP contribution in [0, 0.1) is 0 Å². The number of amides is 1. The number of rotatable bonds is 56. The zero-order valence-electron chi connectivity index (χ0n) is 45.6. The van der Waals surface area contributed by atoms with Crippen molar-refractivity contribution >= 4 is 11.9 Å². The van der Waals surface area contributed by atoms with Crippen LogP contribution in [-0.2, 0) is 14.3 Å². The number of carbonyl (C=O) groups excluding carboxylic acids is 2. The summed E-state index contributed by atoms with van der Waals surface area (Å²) in [6.07, 6.45) is 71.7. The molecule has 3 N–H and O–H groups in total. The summed E-state index contributed by atoms with van der Waals surface area (Å²) in [5, 5.41) is 23.1. The van der Waals surface area contributed by atoms with Crippen molar-refractivity contribution in [2.24, 2.45) is 0 Å². The van der Waals surface area contributed by atoms with Gasteiger partial charge in [-0.2, -0.15) is 0 Å². The number of hydrogen-bond acceptors (Lipinski definition) is 5. The van der Waals surface area contributed by atoms with Crippen molar-refractivity contribution < 1.29 is 24.5 Å². The largest absolute Gasteiger partial charge is 0.466 e. The highest BCUT2D eigenvalue weighted by Gasteiger charge is 2.18. The number of nitrogens with one attached hydrogen (secondary N) is 1. The quantitative estimate of drug-likeness (QED) is 0.0321. The van der Waals surface area contributed by atoms with Gasteiger partial charge in [-0.3, -0.25) is 9.59 Å². The Bertz CT molecular complexity index is 1100. The van der Waals surface area contributed by atoms with Gasteiger partial charge in [0.15, 0.2) is 0 Å². The minimum atomic E-state index is -0.847. The van der Waals surface area contributed by atoms with E-state index in [-0.39, 0.29) is 18.5 Å². The minimum absolute atomic E-state index is 0.000815. The molecule has 1 amide bonds. The highest BCUT2D eigenvalue weighted by molar-refractivity contribution is 5.76. The van der Waals surface area contributed by atoms with Crippen molar-refractivity contribution in [1.82, 2.24) is 5.32 Å². The van der Waals surface area contributed by atoms with E-state index >= 15 is 0 Å². The number of ether oxygens (including phenoxy) is 1. The third kappa shape index (κ3) is 53.4. The molecule has 0 aromatic carbocycles. The van der Waals surface area contributed by atoms with Crippen LogP contribution >= 0.6 is 0 Å². The van der Waals surface area contributed by atoms with Crippen LogP contribution in [0.15, 0.2) is 36.5 Å². The van der Waals surface area contributed by atoms with Crippen molar-refractivity contribution in [3.63, 3.8) is 0 Å². The third-order valence-corrected chi connectivity index (χ3v) is 13.9. The SMILES string of the molecule is CCCCCC/C=C\C/C=C\CCCCCCCCCC(=O)OCCCCCCCCCCCCCCCCCCCCC(=O)NC(CO)C(O)/C=C/CCCCCCCCCCCCCCC. The van der Waals surface area contributed by atoms with Crippen molar-refractivity contribution in [3.05, 3.63) is 36.5 Å². The molecule has 6 heteroatoms. The second kappa shape index (κ2) is 57.7. The van der Waals surface area contributed by atoms with Gasteiger partial charge in [0.2, 0.25) is 5.91 Å². The fourth-order valence-electron chi connectivity index (χ4n) is 9.25. The molecule has 0 heterocycles. The Kier molecular flexibility index (Phi) is 56.0. The molecule has 2 unspecified atom stereocenters. The molecule has 0 fully saturated rings. The first-order valence-corrected chi connectivity index (χ1v) is 30.3. The van der Waals surface area contributed by atoms with Gasteiger partial charge in [0, 0.05) is 12.8 Å². The van der Waals surface area contributed by atoms with Gasteiger partial charge in [0.25, 0.3) is 0 Å². The van der Waals surface area contributed by atoms with Crippen LogP contribution in [0.2, 0.25) is 0 Å². The van der Waals surface area contributed by atoms with Gasteiger partial charge in [-0.15, -0.1) is 0 Å². The highest BCUT2D eigenvalue weighted by Crippen LogP contribution is 2.17. The Morgan fingerprint density at radius 3 is 1.13 bits per heavy atom. The summed E-state index contributed by atoms with van der Waals surface area (Å²) >= 11 is 0. The average molecular weight is 957 g/mol. The number of esters is 1. The molecular formula is C62H117NO5. The Morgan fingerprint density at radius 2 is 0.735 bits per heavy atom. The molecule has 0 aromatic heterocycles. The standard InChI is InChI=1S/C62H117NO5/c1-3-5-7-9-11-13-15-17-19-20-24-28-32-36-40-44-48-52-56-62(67)68-57-53-49-45-41-37-33-29-25-22-21-23-27-31-35-39-43-47-51-55-61(66)63-59(58-64)60(65)54-50-46-42-38-34-30-26-18-16-14-12-10-8-6-4-2/h13,15,19-20,50,54,59-60,64-65H,3-12,14,16-18,21-49,51-53,55-58H2,1-2H3,(H,63,66)/b15-13-,20-19-,54-50+. The zero-order chi connectivity index (χ0) is 49.3. The molecule has 400 valence electrons. The van der Waals surface area contributed by atoms with E-state index in [1.165, 1.54) is 244 Å². The fourth-order valence-corrected chi connectivity index (χ4v) is 9.25. The second-order valence-electron chi connectivity index (χ2n) is 20.7. The lowest BCUT2D eigenvalue weighted by atomic mass is 10.0. The number of hydrogen-bond donors (Lipinski definition) is 3. The first kappa shape index (κ1) is 66.1. The molecule has 0 bridgehead atoms. The normalized spacial score (nSPS) is 12.8. The van der Waals surface area contributed by atoms with Crippen LogP contribution in [0.5, 0.6) is 0 Å². The number of allylic oxidation sites excluding steroid dienone is 5. The topological polar surface area (TPSA) is 95.9 Å². The monoisotopic (exact) mass is 956 g/mol. The van der Waals surface area contributed by atoms with E-state index in [4.69, 9.17) is 4.74 Å². The molecule has 68 heavy (non-hydrogen) atoms. The maximum absolute atomic E-state index is 12.5. The molecule has 0 spiro atoms. The highest BCUT2D eigenvalue weighted by atomic mass is 16.5. The first-order chi connectivity index (χ1) is 33.5. The first-order valence-electron chi connectivity index (χ1n) is 30.3. The Morgan fingerprint density at radius 1 is 0.412 bits per heavy atom. The van der Waals surface area contributed by atoms with E-state index in [9.17, 15) is 19.8 Å². The van der Waals surface area contributed by atoms with Crippen LogP contribution in [0.3, 0.4) is 0 Å². The summed E-state index contributed by atoms with van der Waals surface area (Å²) in [6, 6.07) is -0.631. The molecule has 0 rings (SSSR count). The van der Waals surface area contributed by atoms with Crippen LogP contribution in [0.1, 0.15) is 322 Å². The smallest absolute Gasteiger partial charge is 0.305 e. The summed E-state index contributed by atoms with van der Waals surface area (Å²) in [5.41, 5.74) is 0. The zero-order valence-corrected chi connectivity index (χ0v) is 45.6. The summed E-state index contributed by atoms with van der Waals surface area (Å²) in [4.78, 5) is 24.5. The lowest BCUT2D eigenvalue weighted by Crippen LogP contribution is -2.45. The Balaban J connectivity index is 3.43. The molecule has 0 aliphatic carbocycles. The summed E-state index contributed by atoms with van der Waals surface area (Å²) in [5.74, 6) is -0.0720. The van der Waals surface area contributed by atoms with E-state index in [2.05, 4.69) is 43.5 Å². The summed E-state index contributed by atoms with van der Waals surface area (Å²) < 4.78 is 5.49. The molecule has 2 atom stereocenters. The molecule has 0 aliphatic rings. The summed E-state index contributed by atoms with van der Waals surface area (Å²) in [7, 11) is 0. The molecular weight excluding hydrogens is 839 g/mol. The lowest BCUT2D eigenvalue weighted by Gasteiger charge is -2.20. The van der Waals surface area contributed by atoms with Crippen LogP contribution in [0.4, 0.5) is 0 Å². The number of aliphatic hydroxyl groups is 2. The van der Waals surface area contributed by atoms with Gasteiger partial charge >= 0.3 is 5.97 Å². The predicted molar refractivity (Wildman–Crippen MR) is 296 cm³/mol. The third-order valence-electron chi connectivity index (χ3n) is 13.9. The lowest BCUT2D eigenvalue weighted by molar-refractivity contribution is -0.143. The van der Waals surface area contributed by atoms with Gasteiger partial charge in [-0.05, 0) is 64.2 Å². The van der Waals surface area contributed by atoms with Crippen LogP contribution < -0.4 is 5.32 Å². The Labute approximate surface area is 424 Å². The van der Waals surface area contributed by atoms with E-state index in [0.717, 1.165) is 51.4 Å². The van der Waals surface area contributed by atoms with Crippen LogP contribution in [0.25, 0.3) is 0 Å². The van der Waals surface area contributed by atoms with Gasteiger partial charge in [0.05, 0.1) is 25.4 Å². The predicted octanol–water partition coefficient (Wildman–Crippen LogP) is 18.8. The van der Waals surface area contributed by atoms with Crippen molar-refractivity contribution in [1.29, 1.82) is 0 Å². The maximum Gasteiger partial charge on any atom is 0.305 e. The average Bonchev–Trinajstić information content (AvgIpc) is 3.34. The van der Waals surface area contributed by atoms with Gasteiger partial charge in [-0.1, -0.05) is 281 Å². The molecule has 0 radical (unpaired) electrons.